The second-order valence-electron chi connectivity index (χ2n) is 7.00. The molecule has 1 aromatic heterocycles. The number of hydrogen-bond donors (Lipinski definition) is 0. The largest absolute Gasteiger partial charge is 0.343 e. The summed E-state index contributed by atoms with van der Waals surface area (Å²) in [6, 6.07) is 7.55. The number of nitrogens with zero attached hydrogens (tertiary/aromatic N) is 2. The van der Waals surface area contributed by atoms with E-state index in [1.165, 1.54) is 35.9 Å². The lowest BCUT2D eigenvalue weighted by Crippen LogP contribution is -2.47. The number of aromatic nitrogens is 1. The van der Waals surface area contributed by atoms with Crippen LogP contribution in [0.15, 0.2) is 37.1 Å². The van der Waals surface area contributed by atoms with Crippen molar-refractivity contribution in [3.63, 3.8) is 0 Å². The Morgan fingerprint density at radius 2 is 2.24 bits per heavy atom. The molecule has 0 bridgehead atoms. The first kappa shape index (κ1) is 13.1. The Kier molecular flexibility index (Phi) is 2.97. The van der Waals surface area contributed by atoms with Crippen molar-refractivity contribution in [1.29, 1.82) is 0 Å². The zero-order chi connectivity index (χ0) is 14.6. The van der Waals surface area contributed by atoms with Crippen molar-refractivity contribution in [3.05, 3.63) is 48.2 Å². The third-order valence-corrected chi connectivity index (χ3v) is 5.46. The minimum Gasteiger partial charge on any atom is -0.343 e. The normalized spacial score (nSPS) is 28.6. The van der Waals surface area contributed by atoms with Gasteiger partial charge in [0.2, 0.25) is 0 Å². The van der Waals surface area contributed by atoms with E-state index in [1.54, 1.807) is 5.56 Å². The Morgan fingerprint density at radius 3 is 3.05 bits per heavy atom. The molecule has 0 radical (unpaired) electrons. The van der Waals surface area contributed by atoms with Crippen molar-refractivity contribution in [1.82, 2.24) is 9.47 Å². The van der Waals surface area contributed by atoms with Crippen LogP contribution in [0.25, 0.3) is 10.9 Å². The molecule has 2 nitrogen and oxygen atoms in total. The molecule has 21 heavy (non-hydrogen) atoms. The topological polar surface area (TPSA) is 8.17 Å². The zero-order valence-electron chi connectivity index (χ0n) is 13.0. The van der Waals surface area contributed by atoms with Gasteiger partial charge in [0.1, 0.15) is 0 Å². The minimum atomic E-state index is 0.680. The highest BCUT2D eigenvalue weighted by Gasteiger charge is 2.38. The predicted molar refractivity (Wildman–Crippen MR) is 88.8 cm³/mol. The molecule has 4 rings (SSSR count). The van der Waals surface area contributed by atoms with E-state index in [0.29, 0.717) is 12.0 Å². The van der Waals surface area contributed by atoms with E-state index in [2.05, 4.69) is 54.4 Å². The SMILES string of the molecule is C=CCn1cc2c3c(cccc31)[C@@H]1C[C@@H](C)CN(C)[C@H]1C2. The third-order valence-electron chi connectivity index (χ3n) is 5.46. The summed E-state index contributed by atoms with van der Waals surface area (Å²) >= 11 is 0. The molecule has 2 heteroatoms. The molecule has 1 aliphatic heterocycles. The Labute approximate surface area is 127 Å². The molecule has 1 saturated heterocycles. The molecule has 3 atom stereocenters. The number of hydrogen-bond acceptors (Lipinski definition) is 1. The molecule has 0 saturated carbocycles. The number of piperidine rings is 1. The molecule has 2 aromatic rings. The Morgan fingerprint density at radius 1 is 1.38 bits per heavy atom. The lowest BCUT2D eigenvalue weighted by Gasteiger charge is -2.44. The fourth-order valence-electron chi connectivity index (χ4n) is 4.68. The van der Waals surface area contributed by atoms with Gasteiger partial charge >= 0.3 is 0 Å². The molecule has 1 fully saturated rings. The first-order chi connectivity index (χ1) is 10.2. The Bertz CT molecular complexity index is 697. The predicted octanol–water partition coefficient (Wildman–Crippen LogP) is 3.81. The van der Waals surface area contributed by atoms with Crippen LogP contribution >= 0.6 is 0 Å². The molecule has 0 unspecified atom stereocenters. The van der Waals surface area contributed by atoms with Crippen molar-refractivity contribution >= 4 is 10.9 Å². The second kappa shape index (κ2) is 4.74. The van der Waals surface area contributed by atoms with Crippen molar-refractivity contribution in [2.24, 2.45) is 5.92 Å². The van der Waals surface area contributed by atoms with Crippen molar-refractivity contribution in [2.75, 3.05) is 13.6 Å². The number of likely N-dealkylation sites (tertiary alicyclic amines) is 1. The number of rotatable bonds is 2. The van der Waals surface area contributed by atoms with Gasteiger partial charge in [0.05, 0.1) is 0 Å². The highest BCUT2D eigenvalue weighted by atomic mass is 15.1. The van der Waals surface area contributed by atoms with Crippen LogP contribution in [0.4, 0.5) is 0 Å². The van der Waals surface area contributed by atoms with E-state index in [-0.39, 0.29) is 0 Å². The van der Waals surface area contributed by atoms with Crippen LogP contribution < -0.4 is 0 Å². The fourth-order valence-corrected chi connectivity index (χ4v) is 4.68. The van der Waals surface area contributed by atoms with Crippen LogP contribution in [0.2, 0.25) is 0 Å². The summed E-state index contributed by atoms with van der Waals surface area (Å²) in [5, 5.41) is 1.53. The van der Waals surface area contributed by atoms with Crippen LogP contribution in [0.1, 0.15) is 30.4 Å². The maximum absolute atomic E-state index is 3.90. The van der Waals surface area contributed by atoms with Gasteiger partial charge in [0.25, 0.3) is 0 Å². The number of likely N-dealkylation sites (N-methyl/N-ethyl adjacent to an activating group) is 1. The van der Waals surface area contributed by atoms with Gasteiger partial charge in [-0.15, -0.1) is 6.58 Å². The van der Waals surface area contributed by atoms with E-state index >= 15 is 0 Å². The summed E-state index contributed by atoms with van der Waals surface area (Å²) in [4.78, 5) is 2.59. The lowest BCUT2D eigenvalue weighted by molar-refractivity contribution is 0.119. The Balaban J connectivity index is 1.90. The van der Waals surface area contributed by atoms with Gasteiger partial charge < -0.3 is 9.47 Å². The highest BCUT2D eigenvalue weighted by Crippen LogP contribution is 2.44. The zero-order valence-corrected chi connectivity index (χ0v) is 13.0. The lowest BCUT2D eigenvalue weighted by atomic mass is 9.73. The van der Waals surface area contributed by atoms with Crippen LogP contribution in [0.3, 0.4) is 0 Å². The summed E-state index contributed by atoms with van der Waals surface area (Å²) in [5.41, 5.74) is 4.51. The first-order valence-electron chi connectivity index (χ1n) is 8.10. The van der Waals surface area contributed by atoms with Crippen LogP contribution in [-0.4, -0.2) is 29.1 Å². The molecule has 0 spiro atoms. The van der Waals surface area contributed by atoms with Gasteiger partial charge in [-0.25, -0.2) is 0 Å². The summed E-state index contributed by atoms with van der Waals surface area (Å²) in [6.07, 6.45) is 6.89. The maximum Gasteiger partial charge on any atom is 0.0489 e. The van der Waals surface area contributed by atoms with Crippen molar-refractivity contribution in [2.45, 2.75) is 38.3 Å². The third kappa shape index (κ3) is 1.89. The van der Waals surface area contributed by atoms with Gasteiger partial charge in [-0.1, -0.05) is 25.1 Å². The molecular formula is C19H24N2. The van der Waals surface area contributed by atoms with Crippen LogP contribution in [-0.2, 0) is 13.0 Å². The summed E-state index contributed by atoms with van der Waals surface area (Å²) in [6.45, 7) is 8.44. The minimum absolute atomic E-state index is 0.680. The number of allylic oxidation sites excluding steroid dienone is 1. The number of benzene rings is 1. The summed E-state index contributed by atoms with van der Waals surface area (Å²) < 4.78 is 2.36. The van der Waals surface area contributed by atoms with Crippen LogP contribution in [0, 0.1) is 5.92 Å². The summed E-state index contributed by atoms with van der Waals surface area (Å²) in [7, 11) is 2.30. The second-order valence-corrected chi connectivity index (χ2v) is 7.00. The summed E-state index contributed by atoms with van der Waals surface area (Å²) in [5.74, 6) is 1.50. The van der Waals surface area contributed by atoms with Crippen LogP contribution in [0.5, 0.6) is 0 Å². The van der Waals surface area contributed by atoms with Crippen molar-refractivity contribution in [3.8, 4) is 0 Å². The average Bonchev–Trinajstić information content (AvgIpc) is 2.81. The van der Waals surface area contributed by atoms with E-state index in [1.807, 2.05) is 6.08 Å². The van der Waals surface area contributed by atoms with Crippen molar-refractivity contribution < 1.29 is 0 Å². The molecule has 0 amide bonds. The molecule has 2 aliphatic rings. The van der Waals surface area contributed by atoms with Gasteiger partial charge in [-0.3, -0.25) is 0 Å². The monoisotopic (exact) mass is 280 g/mol. The molecular weight excluding hydrogens is 256 g/mol. The van der Waals surface area contributed by atoms with E-state index in [0.717, 1.165) is 12.5 Å². The maximum atomic E-state index is 3.90. The molecule has 2 heterocycles. The number of fused-ring (bicyclic) bond motifs is 2. The van der Waals surface area contributed by atoms with E-state index in [4.69, 9.17) is 0 Å². The quantitative estimate of drug-likeness (QED) is 0.760. The highest BCUT2D eigenvalue weighted by molar-refractivity contribution is 5.89. The molecule has 110 valence electrons. The van der Waals surface area contributed by atoms with E-state index in [9.17, 15) is 0 Å². The molecule has 0 N–H and O–H groups in total. The van der Waals surface area contributed by atoms with Gasteiger partial charge in [0.15, 0.2) is 0 Å². The first-order valence-corrected chi connectivity index (χ1v) is 8.10. The van der Waals surface area contributed by atoms with E-state index < -0.39 is 0 Å². The molecule has 1 aromatic carbocycles. The Hall–Kier alpha value is -1.54. The van der Waals surface area contributed by atoms with Gasteiger partial charge in [-0.05, 0) is 43.0 Å². The smallest absolute Gasteiger partial charge is 0.0489 e. The van der Waals surface area contributed by atoms with Gasteiger partial charge in [-0.2, -0.15) is 0 Å². The molecule has 1 aliphatic carbocycles. The fraction of sp³-hybridized carbons (Fsp3) is 0.474. The standard InChI is InChI=1S/C19H24N2/c1-4-8-21-12-14-10-18-16(9-13(2)11-20(18)3)15-6-5-7-17(21)19(14)15/h4-7,12-13,16,18H,1,8-11H2,2-3H3/t13-,16+,18+/m1/s1. The van der Waals surface area contributed by atoms with Gasteiger partial charge in [0, 0.05) is 42.1 Å². The average molecular weight is 280 g/mol.